The summed E-state index contributed by atoms with van der Waals surface area (Å²) in [6, 6.07) is 5.59. The number of nitrogens with one attached hydrogen (secondary N) is 1. The minimum absolute atomic E-state index is 0.253. The Morgan fingerprint density at radius 1 is 1.25 bits per heavy atom. The van der Waals surface area contributed by atoms with E-state index in [9.17, 15) is 0 Å². The van der Waals surface area contributed by atoms with Crippen molar-refractivity contribution in [3.05, 3.63) is 29.7 Å². The van der Waals surface area contributed by atoms with Gasteiger partial charge in [0.2, 0.25) is 17.8 Å². The van der Waals surface area contributed by atoms with E-state index in [4.69, 9.17) is 10.5 Å². The highest BCUT2D eigenvalue weighted by molar-refractivity contribution is 5.33. The van der Waals surface area contributed by atoms with Gasteiger partial charge in [-0.2, -0.15) is 15.0 Å². The number of aromatic nitrogens is 4. The smallest absolute Gasteiger partial charge is 0.228 e. The lowest BCUT2D eigenvalue weighted by molar-refractivity contribution is 0.396. The van der Waals surface area contributed by atoms with E-state index in [2.05, 4.69) is 25.3 Å². The molecule has 0 amide bonds. The molecule has 0 spiro atoms. The van der Waals surface area contributed by atoms with Crippen molar-refractivity contribution in [3.63, 3.8) is 0 Å². The Labute approximate surface area is 116 Å². The third-order valence-electron chi connectivity index (χ3n) is 3.03. The number of anilines is 2. The van der Waals surface area contributed by atoms with Crippen LogP contribution in [0.1, 0.15) is 30.3 Å². The van der Waals surface area contributed by atoms with Crippen molar-refractivity contribution in [2.75, 3.05) is 18.2 Å². The fourth-order valence-corrected chi connectivity index (χ4v) is 1.85. The highest BCUT2D eigenvalue weighted by Crippen LogP contribution is 2.38. The Morgan fingerprint density at radius 3 is 2.85 bits per heavy atom. The summed E-state index contributed by atoms with van der Waals surface area (Å²) >= 11 is 0. The molecular formula is C13H16N6O. The number of pyridine rings is 1. The van der Waals surface area contributed by atoms with Crippen LogP contribution >= 0.6 is 0 Å². The molecule has 7 nitrogen and oxygen atoms in total. The minimum Gasteiger partial charge on any atom is -0.481 e. The first kappa shape index (κ1) is 12.6. The summed E-state index contributed by atoms with van der Waals surface area (Å²) in [5.74, 6) is 2.54. The summed E-state index contributed by atoms with van der Waals surface area (Å²) in [7, 11) is 1.59. The molecule has 7 heteroatoms. The summed E-state index contributed by atoms with van der Waals surface area (Å²) in [6.45, 7) is 0.505. The Hall–Kier alpha value is -2.44. The van der Waals surface area contributed by atoms with Crippen LogP contribution in [0.3, 0.4) is 0 Å². The van der Waals surface area contributed by atoms with Gasteiger partial charge in [0.15, 0.2) is 0 Å². The zero-order valence-electron chi connectivity index (χ0n) is 11.2. The quantitative estimate of drug-likeness (QED) is 0.847. The second kappa shape index (κ2) is 5.28. The molecule has 2 heterocycles. The third-order valence-corrected chi connectivity index (χ3v) is 3.03. The van der Waals surface area contributed by atoms with Gasteiger partial charge < -0.3 is 15.8 Å². The van der Waals surface area contributed by atoms with Crippen molar-refractivity contribution in [1.82, 2.24) is 19.9 Å². The van der Waals surface area contributed by atoms with Gasteiger partial charge in [-0.25, -0.2) is 4.98 Å². The number of ether oxygens (including phenoxy) is 1. The zero-order valence-corrected chi connectivity index (χ0v) is 11.2. The second-order valence-electron chi connectivity index (χ2n) is 4.67. The molecule has 1 saturated carbocycles. The van der Waals surface area contributed by atoms with E-state index in [-0.39, 0.29) is 5.95 Å². The molecule has 0 aliphatic heterocycles. The van der Waals surface area contributed by atoms with Crippen LogP contribution in [0, 0.1) is 0 Å². The lowest BCUT2D eigenvalue weighted by atomic mass is 10.3. The van der Waals surface area contributed by atoms with Crippen LogP contribution in [-0.2, 0) is 6.54 Å². The Balaban J connectivity index is 1.71. The number of hydrogen-bond donors (Lipinski definition) is 2. The van der Waals surface area contributed by atoms with Crippen LogP contribution in [0.2, 0.25) is 0 Å². The predicted octanol–water partition coefficient (Wildman–Crippen LogP) is 1.35. The summed E-state index contributed by atoms with van der Waals surface area (Å²) < 4.78 is 5.08. The van der Waals surface area contributed by atoms with Gasteiger partial charge in [-0.15, -0.1) is 0 Å². The van der Waals surface area contributed by atoms with E-state index in [0.717, 1.165) is 24.4 Å². The molecule has 20 heavy (non-hydrogen) atoms. The number of methoxy groups -OCH3 is 1. The Bertz CT molecular complexity index is 614. The molecule has 0 bridgehead atoms. The monoisotopic (exact) mass is 272 g/mol. The van der Waals surface area contributed by atoms with Crippen molar-refractivity contribution in [2.24, 2.45) is 0 Å². The van der Waals surface area contributed by atoms with Gasteiger partial charge in [-0.1, -0.05) is 6.07 Å². The molecule has 0 saturated heterocycles. The Morgan fingerprint density at radius 2 is 2.10 bits per heavy atom. The van der Waals surface area contributed by atoms with Crippen LogP contribution in [-0.4, -0.2) is 27.0 Å². The highest BCUT2D eigenvalue weighted by Gasteiger charge is 2.27. The molecule has 3 N–H and O–H groups in total. The van der Waals surface area contributed by atoms with Gasteiger partial charge >= 0.3 is 0 Å². The molecule has 0 unspecified atom stereocenters. The fraction of sp³-hybridized carbons (Fsp3) is 0.385. The SMILES string of the molecule is COc1cccc(CNc2nc(N)nc(C3CC3)n2)n1. The molecular weight excluding hydrogens is 256 g/mol. The lowest BCUT2D eigenvalue weighted by Crippen LogP contribution is -2.10. The summed E-state index contributed by atoms with van der Waals surface area (Å²) in [5, 5.41) is 3.12. The van der Waals surface area contributed by atoms with E-state index in [0.29, 0.717) is 24.3 Å². The van der Waals surface area contributed by atoms with Gasteiger partial charge in [-0.3, -0.25) is 0 Å². The van der Waals surface area contributed by atoms with Gasteiger partial charge in [0, 0.05) is 12.0 Å². The maximum Gasteiger partial charge on any atom is 0.228 e. The molecule has 0 radical (unpaired) electrons. The van der Waals surface area contributed by atoms with Gasteiger partial charge in [0.25, 0.3) is 0 Å². The number of nitrogens with zero attached hydrogens (tertiary/aromatic N) is 4. The minimum atomic E-state index is 0.253. The Kier molecular flexibility index (Phi) is 3.32. The molecule has 0 aromatic carbocycles. The molecule has 0 atom stereocenters. The highest BCUT2D eigenvalue weighted by atomic mass is 16.5. The van der Waals surface area contributed by atoms with E-state index in [1.165, 1.54) is 0 Å². The standard InChI is InChI=1S/C13H16N6O/c1-20-10-4-2-3-9(16-10)7-15-13-18-11(8-5-6-8)17-12(14)19-13/h2-4,8H,5-7H2,1H3,(H3,14,15,17,18,19). The second-order valence-corrected chi connectivity index (χ2v) is 4.67. The van der Waals surface area contributed by atoms with Gasteiger partial charge in [-0.05, 0) is 18.9 Å². The van der Waals surface area contributed by atoms with Crippen LogP contribution in [0.5, 0.6) is 5.88 Å². The zero-order chi connectivity index (χ0) is 13.9. The van der Waals surface area contributed by atoms with Crippen molar-refractivity contribution in [3.8, 4) is 5.88 Å². The topological polar surface area (TPSA) is 98.8 Å². The number of rotatable bonds is 5. The molecule has 1 fully saturated rings. The van der Waals surface area contributed by atoms with Crippen LogP contribution in [0.4, 0.5) is 11.9 Å². The number of nitrogens with two attached hydrogens (primary N) is 1. The number of nitrogen functional groups attached to an aromatic ring is 1. The van der Waals surface area contributed by atoms with Crippen molar-refractivity contribution >= 4 is 11.9 Å². The van der Waals surface area contributed by atoms with Gasteiger partial charge in [0.05, 0.1) is 19.3 Å². The van der Waals surface area contributed by atoms with Crippen molar-refractivity contribution in [2.45, 2.75) is 25.3 Å². The largest absolute Gasteiger partial charge is 0.481 e. The van der Waals surface area contributed by atoms with Crippen LogP contribution in [0.25, 0.3) is 0 Å². The molecule has 104 valence electrons. The fourth-order valence-electron chi connectivity index (χ4n) is 1.85. The molecule has 1 aliphatic rings. The average Bonchev–Trinajstić information content (AvgIpc) is 3.29. The predicted molar refractivity (Wildman–Crippen MR) is 74.3 cm³/mol. The normalized spacial score (nSPS) is 14.1. The van der Waals surface area contributed by atoms with E-state index in [1.54, 1.807) is 13.2 Å². The van der Waals surface area contributed by atoms with Crippen molar-refractivity contribution < 1.29 is 4.74 Å². The molecule has 3 rings (SSSR count). The van der Waals surface area contributed by atoms with Gasteiger partial charge in [0.1, 0.15) is 5.82 Å². The first-order valence-corrected chi connectivity index (χ1v) is 6.50. The van der Waals surface area contributed by atoms with Crippen molar-refractivity contribution in [1.29, 1.82) is 0 Å². The maximum atomic E-state index is 5.70. The van der Waals surface area contributed by atoms with E-state index in [1.807, 2.05) is 12.1 Å². The lowest BCUT2D eigenvalue weighted by Gasteiger charge is -2.07. The number of hydrogen-bond acceptors (Lipinski definition) is 7. The van der Waals surface area contributed by atoms with Crippen LogP contribution in [0.15, 0.2) is 18.2 Å². The summed E-state index contributed by atoms with van der Waals surface area (Å²) in [5.41, 5.74) is 6.55. The molecule has 1 aliphatic carbocycles. The van der Waals surface area contributed by atoms with E-state index < -0.39 is 0 Å². The average molecular weight is 272 g/mol. The molecule has 2 aromatic rings. The summed E-state index contributed by atoms with van der Waals surface area (Å²) in [4.78, 5) is 16.9. The summed E-state index contributed by atoms with van der Waals surface area (Å²) in [6.07, 6.45) is 2.25. The van der Waals surface area contributed by atoms with E-state index >= 15 is 0 Å². The van der Waals surface area contributed by atoms with Crippen LogP contribution < -0.4 is 15.8 Å². The third kappa shape index (κ3) is 2.93. The first-order valence-electron chi connectivity index (χ1n) is 6.50. The molecule has 2 aromatic heterocycles. The first-order chi connectivity index (χ1) is 9.74. The maximum absolute atomic E-state index is 5.70.